The summed E-state index contributed by atoms with van der Waals surface area (Å²) in [5, 5.41) is 13.1. The Bertz CT molecular complexity index is 1110. The van der Waals surface area contributed by atoms with Crippen LogP contribution >= 0.6 is 0 Å². The molecule has 1 aliphatic rings. The summed E-state index contributed by atoms with van der Waals surface area (Å²) in [5.41, 5.74) is 1.46. The molecule has 0 saturated carbocycles. The summed E-state index contributed by atoms with van der Waals surface area (Å²) in [5.74, 6) is 0.283. The maximum Gasteiger partial charge on any atom is 0.416 e. The first kappa shape index (κ1) is 36.2. The second-order valence-corrected chi connectivity index (χ2v) is 10.2. The lowest BCUT2D eigenvalue weighted by atomic mass is 10.0. The molecule has 8 nitrogen and oxygen atoms in total. The van der Waals surface area contributed by atoms with Crippen molar-refractivity contribution in [2.45, 2.75) is 45.9 Å². The van der Waals surface area contributed by atoms with E-state index in [9.17, 15) is 23.1 Å². The highest BCUT2D eigenvalue weighted by atomic mass is 19.4. The van der Waals surface area contributed by atoms with Gasteiger partial charge in [-0.3, -0.25) is 4.90 Å². The van der Waals surface area contributed by atoms with Gasteiger partial charge in [-0.2, -0.15) is 13.2 Å². The summed E-state index contributed by atoms with van der Waals surface area (Å²) in [6.07, 6.45) is 0.520. The van der Waals surface area contributed by atoms with Gasteiger partial charge in [0, 0.05) is 59.0 Å². The first-order valence-corrected chi connectivity index (χ1v) is 14.9. The van der Waals surface area contributed by atoms with E-state index in [0.29, 0.717) is 36.3 Å². The lowest BCUT2D eigenvalue weighted by Gasteiger charge is -2.30. The molecule has 1 fully saturated rings. The monoisotopic (exact) mass is 608 g/mol. The van der Waals surface area contributed by atoms with Crippen molar-refractivity contribution < 1.29 is 32.5 Å². The summed E-state index contributed by atoms with van der Waals surface area (Å²) < 4.78 is 49.3. The predicted octanol–water partition coefficient (Wildman–Crippen LogP) is 4.61. The highest BCUT2D eigenvalue weighted by molar-refractivity contribution is 5.62. The number of nitrogens with one attached hydrogen (secondary N) is 1. The molecule has 240 valence electrons. The van der Waals surface area contributed by atoms with E-state index in [0.717, 1.165) is 83.0 Å². The minimum absolute atomic E-state index is 0.00744. The molecule has 0 bridgehead atoms. The van der Waals surface area contributed by atoms with Gasteiger partial charge in [0.25, 0.3) is 0 Å². The smallest absolute Gasteiger partial charge is 0.416 e. The molecule has 1 aliphatic heterocycles. The normalized spacial score (nSPS) is 14.1. The van der Waals surface area contributed by atoms with Crippen molar-refractivity contribution in [1.29, 1.82) is 0 Å². The summed E-state index contributed by atoms with van der Waals surface area (Å²) in [7, 11) is 1.67. The fourth-order valence-electron chi connectivity index (χ4n) is 4.59. The van der Waals surface area contributed by atoms with Crippen LogP contribution < -0.4 is 10.1 Å². The van der Waals surface area contributed by atoms with Crippen molar-refractivity contribution in [3.05, 3.63) is 58.7 Å². The number of carbonyl (C=O) groups excluding carboxylic acids is 1. The minimum Gasteiger partial charge on any atom is -0.504 e. The minimum atomic E-state index is -4.36. The van der Waals surface area contributed by atoms with E-state index in [1.165, 1.54) is 12.5 Å². The number of aryl methyl sites for hydroxylation is 1. The Morgan fingerprint density at radius 1 is 1.09 bits per heavy atom. The van der Waals surface area contributed by atoms with Gasteiger partial charge in [-0.15, -0.1) is 0 Å². The van der Waals surface area contributed by atoms with Gasteiger partial charge in [0.2, 0.25) is 0 Å². The molecule has 43 heavy (non-hydrogen) atoms. The van der Waals surface area contributed by atoms with Crippen LogP contribution in [0.1, 0.15) is 42.5 Å². The van der Waals surface area contributed by atoms with Crippen molar-refractivity contribution in [1.82, 2.24) is 15.1 Å². The predicted molar refractivity (Wildman–Crippen MR) is 164 cm³/mol. The fourth-order valence-corrected chi connectivity index (χ4v) is 4.59. The number of aromatic hydroxyl groups is 1. The van der Waals surface area contributed by atoms with Gasteiger partial charge in [-0.25, -0.2) is 0 Å². The maximum atomic E-state index is 12.8. The Hall–Kier alpha value is -2.99. The number of hydrogen-bond acceptors (Lipinski definition) is 8. The Morgan fingerprint density at radius 2 is 1.86 bits per heavy atom. The molecule has 2 aromatic carbocycles. The van der Waals surface area contributed by atoms with Gasteiger partial charge in [-0.1, -0.05) is 26.0 Å². The molecule has 2 aromatic rings. The summed E-state index contributed by atoms with van der Waals surface area (Å²) in [6.45, 7) is 13.7. The maximum absolute atomic E-state index is 12.8. The molecule has 0 aliphatic carbocycles. The zero-order valence-electron chi connectivity index (χ0n) is 25.7. The van der Waals surface area contributed by atoms with E-state index in [-0.39, 0.29) is 12.4 Å². The molecular formula is C32H47F3N4O4. The standard InChI is InChI=1S/C19H20F3NO2.C13H27N3O2/c1-3-14-11-16(19(20,21)22)6-5-15(14)12-25-18-7-4-13(8-9-23-2)10-17(18)24;1-2-5-15(6-3-14-4-11-17)7-8-16-9-12-18-13-10-16/h4-7,9-11,24H,3,8,12H2,1-2H3;11,14H,2-10,12-13H2,1H3. The van der Waals surface area contributed by atoms with Crippen LogP contribution in [0.5, 0.6) is 11.5 Å². The van der Waals surface area contributed by atoms with Crippen LogP contribution in [0.2, 0.25) is 0 Å². The molecular weight excluding hydrogens is 561 g/mol. The van der Waals surface area contributed by atoms with Crippen molar-refractivity contribution in [2.24, 2.45) is 4.99 Å². The van der Waals surface area contributed by atoms with Gasteiger partial charge >= 0.3 is 6.18 Å². The number of ether oxygens (including phenoxy) is 2. The van der Waals surface area contributed by atoms with E-state index in [1.807, 2.05) is 6.07 Å². The molecule has 3 rings (SSSR count). The van der Waals surface area contributed by atoms with Crippen molar-refractivity contribution in [3.8, 4) is 11.5 Å². The second-order valence-electron chi connectivity index (χ2n) is 10.2. The number of nitrogens with zero attached hydrogens (tertiary/aromatic N) is 3. The van der Waals surface area contributed by atoms with Crippen LogP contribution in [0, 0.1) is 0 Å². The summed E-state index contributed by atoms with van der Waals surface area (Å²) >= 11 is 0. The van der Waals surface area contributed by atoms with E-state index < -0.39 is 11.7 Å². The number of morpholine rings is 1. The summed E-state index contributed by atoms with van der Waals surface area (Å²) in [4.78, 5) is 19.0. The molecule has 0 amide bonds. The van der Waals surface area contributed by atoms with E-state index in [4.69, 9.17) is 9.47 Å². The van der Waals surface area contributed by atoms with E-state index in [1.54, 1.807) is 32.3 Å². The van der Waals surface area contributed by atoms with Crippen molar-refractivity contribution >= 4 is 12.5 Å². The van der Waals surface area contributed by atoms with Gasteiger partial charge < -0.3 is 34.6 Å². The quantitative estimate of drug-likeness (QED) is 0.164. The molecule has 1 saturated heterocycles. The Kier molecular flexibility index (Phi) is 16.9. The van der Waals surface area contributed by atoms with Crippen LogP contribution in [-0.2, 0) is 35.2 Å². The molecule has 0 atom stereocenters. The number of phenols is 1. The first-order valence-electron chi connectivity index (χ1n) is 14.9. The van der Waals surface area contributed by atoms with Gasteiger partial charge in [-0.05, 0) is 60.3 Å². The van der Waals surface area contributed by atoms with E-state index in [2.05, 4.69) is 27.0 Å². The molecule has 0 spiro atoms. The SMILES string of the molecule is CCCN(CCNCC=O)CCN1CCOCC1.CCc1cc(C(F)(F)F)ccc1COc1ccc(CC=NC)cc1O. The third-order valence-corrected chi connectivity index (χ3v) is 7.04. The highest BCUT2D eigenvalue weighted by Gasteiger charge is 2.30. The van der Waals surface area contributed by atoms with Gasteiger partial charge in [0.05, 0.1) is 25.3 Å². The zero-order valence-corrected chi connectivity index (χ0v) is 25.7. The zero-order chi connectivity index (χ0) is 31.5. The molecule has 11 heteroatoms. The van der Waals surface area contributed by atoms with Crippen LogP contribution in [0.3, 0.4) is 0 Å². The number of halogens is 3. The second kappa shape index (κ2) is 20.1. The van der Waals surface area contributed by atoms with Crippen LogP contribution in [-0.4, -0.2) is 100 Å². The number of aliphatic imine (C=N–C) groups is 1. The van der Waals surface area contributed by atoms with Crippen LogP contribution in [0.25, 0.3) is 0 Å². The summed E-state index contributed by atoms with van der Waals surface area (Å²) in [6, 6.07) is 8.65. The molecule has 0 radical (unpaired) electrons. The number of hydrogen-bond donors (Lipinski definition) is 2. The average Bonchev–Trinajstić information content (AvgIpc) is 3.00. The number of benzene rings is 2. The Balaban J connectivity index is 0.000000317. The largest absolute Gasteiger partial charge is 0.504 e. The highest BCUT2D eigenvalue weighted by Crippen LogP contribution is 2.32. The Morgan fingerprint density at radius 3 is 2.49 bits per heavy atom. The Labute approximate surface area is 253 Å². The molecule has 0 unspecified atom stereocenters. The van der Waals surface area contributed by atoms with Crippen LogP contribution in [0.15, 0.2) is 41.4 Å². The lowest BCUT2D eigenvalue weighted by molar-refractivity contribution is -0.137. The van der Waals surface area contributed by atoms with Gasteiger partial charge in [0.15, 0.2) is 11.5 Å². The van der Waals surface area contributed by atoms with E-state index >= 15 is 0 Å². The van der Waals surface area contributed by atoms with Crippen molar-refractivity contribution in [2.75, 3.05) is 72.6 Å². The fraction of sp³-hybridized carbons (Fsp3) is 0.562. The molecule has 2 N–H and O–H groups in total. The molecule has 0 aromatic heterocycles. The van der Waals surface area contributed by atoms with Crippen molar-refractivity contribution in [3.63, 3.8) is 0 Å². The average molecular weight is 609 g/mol. The van der Waals surface area contributed by atoms with Gasteiger partial charge in [0.1, 0.15) is 12.9 Å². The lowest BCUT2D eigenvalue weighted by Crippen LogP contribution is -2.43. The number of aldehydes is 1. The topological polar surface area (TPSA) is 86.6 Å². The number of rotatable bonds is 16. The number of alkyl halides is 3. The van der Waals surface area contributed by atoms with Crippen LogP contribution in [0.4, 0.5) is 13.2 Å². The third kappa shape index (κ3) is 13.9. The third-order valence-electron chi connectivity index (χ3n) is 7.04. The number of phenolic OH excluding ortho intramolecular Hbond substituents is 1. The number of carbonyl (C=O) groups is 1. The first-order chi connectivity index (χ1) is 20.7. The molecule has 1 heterocycles.